The van der Waals surface area contributed by atoms with Crippen LogP contribution in [0.4, 0.5) is 0 Å². The molecule has 12 heteroatoms. The van der Waals surface area contributed by atoms with E-state index in [9.17, 15) is 0 Å². The smallest absolute Gasteiger partial charge is 0.399 e. The predicted molar refractivity (Wildman–Crippen MR) is 517 cm³/mol. The number of benzene rings is 16. The molecule has 16 aromatic carbocycles. The van der Waals surface area contributed by atoms with E-state index < -0.39 is 18.3 Å². The molecular weight excluding hydrogens is 1590 g/mol. The van der Waals surface area contributed by atoms with Gasteiger partial charge in [-0.2, -0.15) is 0 Å². The van der Waals surface area contributed by atoms with Gasteiger partial charge in [0.25, 0.3) is 0 Å². The summed E-state index contributed by atoms with van der Waals surface area (Å²) in [6.07, 6.45) is 0. The maximum Gasteiger partial charge on any atom is 0.494 e. The van der Waals surface area contributed by atoms with Crippen LogP contribution in [0, 0.1) is 0 Å². The number of rotatable bonds is 12. The van der Waals surface area contributed by atoms with Gasteiger partial charge in [-0.3, -0.25) is 0 Å². The summed E-state index contributed by atoms with van der Waals surface area (Å²) in [5.74, 6) is 1.41. The van der Waals surface area contributed by atoms with E-state index in [-0.39, 0.29) is 0 Å². The van der Waals surface area contributed by atoms with Crippen LogP contribution in [-0.4, -0.2) is 47.4 Å². The predicted octanol–water partition coefficient (Wildman–Crippen LogP) is 29.6. The van der Waals surface area contributed by atoms with Crippen LogP contribution >= 0.6 is 38.6 Å². The van der Waals surface area contributed by atoms with Crippen LogP contribution in [0.2, 0.25) is 0 Å². The lowest BCUT2D eigenvalue weighted by atomic mass is 9.78. The Kier molecular flexibility index (Phi) is 19.7. The van der Waals surface area contributed by atoms with Gasteiger partial charge in [-0.15, -0.1) is 22.7 Å². The van der Waals surface area contributed by atoms with E-state index in [1.54, 1.807) is 22.7 Å². The Bertz CT molecular complexity index is 7700. The number of halogens is 1. The fraction of sp³-hybridized carbons (Fsp3) is 0.0545. The Morgan fingerprint density at radius 1 is 0.279 bits per heavy atom. The van der Waals surface area contributed by atoms with Crippen molar-refractivity contribution < 1.29 is 9.31 Å². The number of hydrogen-bond acceptors (Lipinski definition) is 8. The summed E-state index contributed by atoms with van der Waals surface area (Å²) in [6.45, 7) is 8.30. The zero-order chi connectivity index (χ0) is 82.0. The maximum absolute atomic E-state index is 6.34. The quantitative estimate of drug-likeness (QED) is 0.113. The van der Waals surface area contributed by atoms with Crippen LogP contribution in [0.15, 0.2) is 405 Å². The van der Waals surface area contributed by atoms with Gasteiger partial charge in [-0.25, -0.2) is 19.9 Å². The second-order valence-corrected chi connectivity index (χ2v) is 34.9. The molecule has 7 heterocycles. The Labute approximate surface area is 724 Å². The number of para-hydroxylation sites is 2. The first kappa shape index (κ1) is 75.6. The van der Waals surface area contributed by atoms with Gasteiger partial charge in [0, 0.05) is 79.8 Å². The lowest BCUT2D eigenvalue weighted by Gasteiger charge is -2.32. The van der Waals surface area contributed by atoms with Gasteiger partial charge in [-0.05, 0) is 162 Å². The van der Waals surface area contributed by atoms with Crippen molar-refractivity contribution in [1.29, 1.82) is 0 Å². The molecule has 0 unspecified atom stereocenters. The van der Waals surface area contributed by atoms with Crippen molar-refractivity contribution in [3.63, 3.8) is 0 Å². The summed E-state index contributed by atoms with van der Waals surface area (Å²) in [5, 5.41) is 7.27. The lowest BCUT2D eigenvalue weighted by Crippen LogP contribution is -2.41. The lowest BCUT2D eigenvalue weighted by molar-refractivity contribution is 0.00578. The molecule has 1 aliphatic heterocycles. The normalized spacial score (nSPS) is 13.0. The highest BCUT2D eigenvalue weighted by Gasteiger charge is 2.52. The summed E-state index contributed by atoms with van der Waals surface area (Å²) >= 11 is 7.25. The van der Waals surface area contributed by atoms with E-state index >= 15 is 0 Å². The summed E-state index contributed by atoms with van der Waals surface area (Å²) < 4.78 is 23.2. The molecule has 0 bridgehead atoms. The first-order valence-electron chi connectivity index (χ1n) is 41.2. The monoisotopic (exact) mass is 1670 g/mol. The highest BCUT2D eigenvalue weighted by molar-refractivity contribution is 9.10. The highest BCUT2D eigenvalue weighted by Crippen LogP contribution is 2.46. The number of fused-ring (bicyclic) bond motifs is 12. The van der Waals surface area contributed by atoms with Gasteiger partial charge >= 0.3 is 7.12 Å². The Morgan fingerprint density at radius 3 is 1.11 bits per heavy atom. The van der Waals surface area contributed by atoms with E-state index in [1.165, 1.54) is 109 Å². The zero-order valence-corrected chi connectivity index (χ0v) is 70.6. The molecule has 1 fully saturated rings. The molecule has 0 atom stereocenters. The first-order valence-corrected chi connectivity index (χ1v) is 43.6. The second-order valence-electron chi connectivity index (χ2n) is 31.9. The second kappa shape index (κ2) is 31.7. The van der Waals surface area contributed by atoms with Crippen LogP contribution in [0.5, 0.6) is 0 Å². The van der Waals surface area contributed by atoms with Gasteiger partial charge in [0.1, 0.15) is 0 Å². The van der Waals surface area contributed by atoms with Gasteiger partial charge < -0.3 is 18.4 Å². The Hall–Kier alpha value is -13.8. The molecule has 6 aromatic heterocycles. The number of hydrogen-bond donors (Lipinski definition) is 0. The fourth-order valence-corrected chi connectivity index (χ4v) is 19.9. The van der Waals surface area contributed by atoms with Crippen molar-refractivity contribution in [3.05, 3.63) is 405 Å². The summed E-state index contributed by atoms with van der Waals surface area (Å²) in [6, 6.07) is 142. The molecule has 8 nitrogen and oxygen atoms in total. The molecule has 22 aromatic rings. The van der Waals surface area contributed by atoms with Crippen LogP contribution in [0.1, 0.15) is 27.7 Å². The standard InChI is InChI=1S/C52H33N3S.C34H29BN2O2S.C24H16BrN/c1-3-14-34(15-4-1)36-28-30-37(31-29-36)49-51-50(44-23-8-10-27-47(44)56-51)54-52(53-49)40-20-11-19-39(32-40)42-24-13-26-46-48(42)43-22-7-9-25-45(43)55(46)41-21-12-18-38(33-41)35-16-5-2-6-17-35;1-33(2)34(3,4)39-35(38-33)26-14-10-13-25(21-26)32-36-29(31-30(37-32)27-15-8-9-16-28(27)40-31)24-19-17-23(18-20-24)22-11-6-5-7-12-22;25-21-13-7-15-23-24(21)20-12-4-5-14-22(20)26(23)19-11-6-10-18(16-19)17-8-2-1-3-9-17/h1-33H;5-21H,1-4H3;1-16H. The molecule has 0 saturated carbocycles. The van der Waals surface area contributed by atoms with Crippen molar-refractivity contribution in [2.75, 3.05) is 0 Å². The maximum atomic E-state index is 6.34. The van der Waals surface area contributed by atoms with Crippen LogP contribution < -0.4 is 5.46 Å². The Morgan fingerprint density at radius 2 is 0.623 bits per heavy atom. The number of thiophene rings is 2. The van der Waals surface area contributed by atoms with Crippen molar-refractivity contribution in [1.82, 2.24) is 29.1 Å². The number of aromatic nitrogens is 6. The Balaban J connectivity index is 0.000000121. The fourth-order valence-electron chi connectivity index (χ4n) is 17.1. The van der Waals surface area contributed by atoms with Gasteiger partial charge in [-0.1, -0.05) is 344 Å². The third kappa shape index (κ3) is 14.0. The van der Waals surface area contributed by atoms with E-state index in [0.717, 1.165) is 91.9 Å². The molecule has 0 N–H and O–H groups in total. The molecular formula is C110H78BBrN6O2S2. The number of nitrogens with zero attached hydrogens (tertiary/aromatic N) is 6. The molecule has 1 saturated heterocycles. The van der Waals surface area contributed by atoms with Crippen LogP contribution in [-0.2, 0) is 9.31 Å². The van der Waals surface area contributed by atoms with E-state index in [4.69, 9.17) is 29.2 Å². The minimum Gasteiger partial charge on any atom is -0.399 e. The third-order valence-corrected chi connectivity index (χ3v) is 26.8. The largest absolute Gasteiger partial charge is 0.494 e. The van der Waals surface area contributed by atoms with Crippen molar-refractivity contribution >= 4 is 135 Å². The topological polar surface area (TPSA) is 79.9 Å². The molecule has 582 valence electrons. The average Bonchev–Trinajstić information content (AvgIpc) is 1.58. The summed E-state index contributed by atoms with van der Waals surface area (Å²) in [7, 11) is -0.444. The van der Waals surface area contributed by atoms with Crippen molar-refractivity contribution in [2.45, 2.75) is 38.9 Å². The van der Waals surface area contributed by atoms with Crippen LogP contribution in [0.3, 0.4) is 0 Å². The molecule has 0 spiro atoms. The van der Waals surface area contributed by atoms with Gasteiger partial charge in [0.05, 0.1) is 65.1 Å². The molecule has 122 heavy (non-hydrogen) atoms. The average molecular weight is 1670 g/mol. The summed E-state index contributed by atoms with van der Waals surface area (Å²) in [5.41, 5.74) is 27.1. The summed E-state index contributed by atoms with van der Waals surface area (Å²) in [4.78, 5) is 21.0. The first-order chi connectivity index (χ1) is 59.9. The van der Waals surface area contributed by atoms with E-state index in [0.29, 0.717) is 5.82 Å². The molecule has 23 rings (SSSR count). The van der Waals surface area contributed by atoms with Gasteiger partial charge in [0.15, 0.2) is 11.6 Å². The van der Waals surface area contributed by atoms with Crippen molar-refractivity contribution in [2.24, 2.45) is 0 Å². The molecule has 1 aliphatic rings. The molecule has 0 amide bonds. The molecule has 0 radical (unpaired) electrons. The van der Waals surface area contributed by atoms with Crippen LogP contribution in [0.25, 0.3) is 197 Å². The SMILES string of the molecule is Brc1cccc2c1c1ccccc1n2-c1cccc(-c2ccccc2)c1.CC1(C)OB(c2cccc(-c3nc(-c4ccc(-c5ccccc5)cc4)c4sc5ccccc5c4n3)c2)OC1(C)C.c1ccc(-c2ccc(-c3nc(-c4cccc(-c5cccc6c5c5ccccc5n6-c5cccc(-c6ccccc6)c5)c4)nc4c3sc3ccccc34)cc2)cc1. The van der Waals surface area contributed by atoms with Crippen molar-refractivity contribution in [3.8, 4) is 112 Å². The third-order valence-electron chi connectivity index (χ3n) is 23.8. The van der Waals surface area contributed by atoms with Gasteiger partial charge in [0.2, 0.25) is 0 Å². The van der Waals surface area contributed by atoms with E-state index in [2.05, 4.69) is 435 Å². The molecule has 0 aliphatic carbocycles. The highest BCUT2D eigenvalue weighted by atomic mass is 79.9. The minimum absolute atomic E-state index is 0.405. The zero-order valence-electron chi connectivity index (χ0n) is 67.4. The van der Waals surface area contributed by atoms with E-state index in [1.807, 2.05) is 18.2 Å². The minimum atomic E-state index is -0.444.